The first-order valence-corrected chi connectivity index (χ1v) is 13.3. The number of fused-ring (bicyclic) bond motifs is 1. The zero-order valence-electron chi connectivity index (χ0n) is 21.3. The normalized spacial score (nSPS) is 12.0. The summed E-state index contributed by atoms with van der Waals surface area (Å²) in [6.07, 6.45) is 2.95. The quantitative estimate of drug-likeness (QED) is 0.221. The van der Waals surface area contributed by atoms with Gasteiger partial charge in [-0.3, -0.25) is 14.2 Å². The average molecular weight is 547 g/mol. The van der Waals surface area contributed by atoms with E-state index < -0.39 is 6.04 Å². The molecule has 1 aromatic heterocycles. The van der Waals surface area contributed by atoms with E-state index in [1.165, 1.54) is 0 Å². The average Bonchev–Trinajstić information content (AvgIpc) is 2.87. The van der Waals surface area contributed by atoms with Crippen LogP contribution in [0.2, 0.25) is 0 Å². The van der Waals surface area contributed by atoms with Crippen molar-refractivity contribution in [2.45, 2.75) is 53.0 Å². The molecule has 36 heavy (non-hydrogen) atoms. The third-order valence-corrected chi connectivity index (χ3v) is 7.22. The molecule has 0 radical (unpaired) electrons. The van der Waals surface area contributed by atoms with E-state index >= 15 is 0 Å². The summed E-state index contributed by atoms with van der Waals surface area (Å²) < 4.78 is 2.53. The minimum Gasteiger partial charge on any atom is -0.329 e. The minimum absolute atomic E-state index is 0.0750. The molecule has 5 nitrogen and oxygen atoms in total. The topological polar surface area (TPSA) is 55.2 Å². The lowest BCUT2D eigenvalue weighted by atomic mass is 10.1. The van der Waals surface area contributed by atoms with E-state index in [-0.39, 0.29) is 11.5 Å². The SMILES string of the molecule is CCCCCN(C(=O)c1cccc(Br)c1)C(C)c1nc2ccccc2c(=O)n1-c1ccc(C)c(C)c1. The van der Waals surface area contributed by atoms with Crippen molar-refractivity contribution in [2.75, 3.05) is 6.54 Å². The number of unbranched alkanes of at least 4 members (excludes halogenated alkanes) is 2. The highest BCUT2D eigenvalue weighted by Gasteiger charge is 2.27. The highest BCUT2D eigenvalue weighted by atomic mass is 79.9. The maximum atomic E-state index is 13.8. The first-order valence-electron chi connectivity index (χ1n) is 12.5. The molecule has 1 heterocycles. The molecule has 1 atom stereocenters. The molecule has 4 aromatic rings. The zero-order valence-corrected chi connectivity index (χ0v) is 22.9. The molecule has 0 aliphatic rings. The summed E-state index contributed by atoms with van der Waals surface area (Å²) in [7, 11) is 0. The van der Waals surface area contributed by atoms with Crippen LogP contribution in [0.4, 0.5) is 0 Å². The molecule has 186 valence electrons. The molecule has 0 saturated heterocycles. The maximum absolute atomic E-state index is 13.8. The summed E-state index contributed by atoms with van der Waals surface area (Å²) in [5, 5.41) is 0.558. The van der Waals surface area contributed by atoms with E-state index in [9.17, 15) is 9.59 Å². The number of halogens is 1. The summed E-state index contributed by atoms with van der Waals surface area (Å²) in [4.78, 5) is 34.4. The molecule has 0 aliphatic heterocycles. The summed E-state index contributed by atoms with van der Waals surface area (Å²) in [5.74, 6) is 0.482. The molecule has 0 aliphatic carbocycles. The van der Waals surface area contributed by atoms with Gasteiger partial charge in [-0.2, -0.15) is 0 Å². The standard InChI is InChI=1S/C30H32BrN3O2/c1-5-6-9-17-33(29(35)23-11-10-12-24(31)19-23)22(4)28-32-27-14-8-7-13-26(27)30(36)34(28)25-16-15-20(2)21(3)18-25/h7-8,10-16,18-19,22H,5-6,9,17H2,1-4H3. The smallest absolute Gasteiger partial charge is 0.266 e. The van der Waals surface area contributed by atoms with Gasteiger partial charge in [0.1, 0.15) is 5.82 Å². The Hall–Kier alpha value is -3.25. The summed E-state index contributed by atoms with van der Waals surface area (Å²) >= 11 is 3.49. The van der Waals surface area contributed by atoms with E-state index in [2.05, 4.69) is 29.8 Å². The van der Waals surface area contributed by atoms with Crippen molar-refractivity contribution >= 4 is 32.7 Å². The molecule has 0 bridgehead atoms. The molecule has 3 aromatic carbocycles. The largest absolute Gasteiger partial charge is 0.329 e. The number of hydrogen-bond acceptors (Lipinski definition) is 3. The Bertz CT molecular complexity index is 1460. The monoisotopic (exact) mass is 545 g/mol. The Labute approximate surface area is 220 Å². The van der Waals surface area contributed by atoms with Crippen molar-refractivity contribution in [2.24, 2.45) is 0 Å². The van der Waals surface area contributed by atoms with Crippen LogP contribution in [-0.2, 0) is 0 Å². The second kappa shape index (κ2) is 11.2. The Kier molecular flexibility index (Phi) is 8.04. The molecular weight excluding hydrogens is 514 g/mol. The van der Waals surface area contributed by atoms with Crippen molar-refractivity contribution < 1.29 is 4.79 Å². The molecule has 0 fully saturated rings. The van der Waals surface area contributed by atoms with E-state index in [0.717, 1.165) is 40.5 Å². The fourth-order valence-corrected chi connectivity index (χ4v) is 4.87. The number of carbonyl (C=O) groups excluding carboxylic acids is 1. The second-order valence-electron chi connectivity index (χ2n) is 9.29. The fraction of sp³-hybridized carbons (Fsp3) is 0.300. The van der Waals surface area contributed by atoms with Crippen LogP contribution in [0, 0.1) is 13.8 Å². The molecule has 6 heteroatoms. The lowest BCUT2D eigenvalue weighted by Gasteiger charge is -2.31. The minimum atomic E-state index is -0.424. The number of aryl methyl sites for hydroxylation is 2. The number of rotatable bonds is 8. The number of nitrogens with zero attached hydrogens (tertiary/aromatic N) is 3. The molecule has 1 amide bonds. The third kappa shape index (κ3) is 5.29. The van der Waals surface area contributed by atoms with Gasteiger partial charge in [0.25, 0.3) is 11.5 Å². The third-order valence-electron chi connectivity index (χ3n) is 6.73. The molecule has 1 unspecified atom stereocenters. The van der Waals surface area contributed by atoms with E-state index in [4.69, 9.17) is 4.98 Å². The maximum Gasteiger partial charge on any atom is 0.266 e. The van der Waals surface area contributed by atoms with Gasteiger partial charge in [-0.05, 0) is 80.8 Å². The van der Waals surface area contributed by atoms with E-state index in [1.54, 1.807) is 4.57 Å². The van der Waals surface area contributed by atoms with Gasteiger partial charge in [-0.15, -0.1) is 0 Å². The Morgan fingerprint density at radius 2 is 1.78 bits per heavy atom. The van der Waals surface area contributed by atoms with Crippen molar-refractivity contribution in [3.8, 4) is 5.69 Å². The van der Waals surface area contributed by atoms with Crippen LogP contribution in [0.15, 0.2) is 76.0 Å². The van der Waals surface area contributed by atoms with Crippen LogP contribution in [0.1, 0.15) is 66.5 Å². The summed E-state index contributed by atoms with van der Waals surface area (Å²) in [6, 6.07) is 20.4. The van der Waals surface area contributed by atoms with Crippen molar-refractivity contribution in [3.05, 3.63) is 104 Å². The lowest BCUT2D eigenvalue weighted by molar-refractivity contribution is 0.0677. The van der Waals surface area contributed by atoms with Crippen molar-refractivity contribution in [3.63, 3.8) is 0 Å². The van der Waals surface area contributed by atoms with Gasteiger partial charge in [-0.1, -0.05) is 60.0 Å². The molecule has 0 N–H and O–H groups in total. The predicted octanol–water partition coefficient (Wildman–Crippen LogP) is 7.16. The van der Waals surface area contributed by atoms with Crippen LogP contribution >= 0.6 is 15.9 Å². The lowest BCUT2D eigenvalue weighted by Crippen LogP contribution is -2.38. The van der Waals surface area contributed by atoms with Crippen LogP contribution in [0.3, 0.4) is 0 Å². The van der Waals surface area contributed by atoms with E-state index in [0.29, 0.717) is 28.8 Å². The Morgan fingerprint density at radius 1 is 1.00 bits per heavy atom. The first-order chi connectivity index (χ1) is 17.3. The highest BCUT2D eigenvalue weighted by Crippen LogP contribution is 2.26. The van der Waals surface area contributed by atoms with Gasteiger partial charge in [0.15, 0.2) is 0 Å². The number of hydrogen-bond donors (Lipinski definition) is 0. The zero-order chi connectivity index (χ0) is 25.8. The number of para-hydroxylation sites is 1. The van der Waals surface area contributed by atoms with Gasteiger partial charge in [0.2, 0.25) is 0 Å². The van der Waals surface area contributed by atoms with Gasteiger partial charge >= 0.3 is 0 Å². The van der Waals surface area contributed by atoms with Crippen molar-refractivity contribution in [1.29, 1.82) is 0 Å². The summed E-state index contributed by atoms with van der Waals surface area (Å²) in [5.41, 5.74) is 4.11. The number of carbonyl (C=O) groups is 1. The van der Waals surface area contributed by atoms with Gasteiger partial charge in [0, 0.05) is 16.6 Å². The van der Waals surface area contributed by atoms with E-state index in [1.807, 2.05) is 85.5 Å². The molecule has 0 spiro atoms. The van der Waals surface area contributed by atoms with Crippen LogP contribution in [0.5, 0.6) is 0 Å². The Balaban J connectivity index is 1.90. The highest BCUT2D eigenvalue weighted by molar-refractivity contribution is 9.10. The number of benzene rings is 3. The summed E-state index contributed by atoms with van der Waals surface area (Å²) in [6.45, 7) is 8.78. The van der Waals surface area contributed by atoms with Crippen LogP contribution < -0.4 is 5.56 Å². The van der Waals surface area contributed by atoms with Gasteiger partial charge in [0.05, 0.1) is 22.6 Å². The van der Waals surface area contributed by atoms with Gasteiger partial charge in [-0.25, -0.2) is 4.98 Å². The van der Waals surface area contributed by atoms with Crippen LogP contribution in [-0.4, -0.2) is 26.9 Å². The predicted molar refractivity (Wildman–Crippen MR) is 150 cm³/mol. The Morgan fingerprint density at radius 3 is 2.50 bits per heavy atom. The van der Waals surface area contributed by atoms with Gasteiger partial charge < -0.3 is 4.90 Å². The second-order valence-corrected chi connectivity index (χ2v) is 10.2. The van der Waals surface area contributed by atoms with Crippen molar-refractivity contribution in [1.82, 2.24) is 14.5 Å². The van der Waals surface area contributed by atoms with Crippen LogP contribution in [0.25, 0.3) is 16.6 Å². The number of aromatic nitrogens is 2. The molecule has 0 saturated carbocycles. The fourth-order valence-electron chi connectivity index (χ4n) is 4.47. The molecular formula is C30H32BrN3O2. The first kappa shape index (κ1) is 25.8. The number of amides is 1. The molecule has 4 rings (SSSR count).